The molecular weight excluding hydrogens is 246 g/mol. The lowest BCUT2D eigenvalue weighted by Crippen LogP contribution is -2.04. The summed E-state index contributed by atoms with van der Waals surface area (Å²) < 4.78 is 35.5. The van der Waals surface area contributed by atoms with E-state index in [0.29, 0.717) is 6.07 Å². The van der Waals surface area contributed by atoms with Crippen molar-refractivity contribution in [3.8, 4) is 11.5 Å². The number of hydrogen-bond donors (Lipinski definition) is 0. The molecule has 18 heavy (non-hydrogen) atoms. The van der Waals surface area contributed by atoms with Gasteiger partial charge < -0.3 is 9.26 Å². The molecule has 0 aliphatic carbocycles. The standard InChI is InChI=1S/C11H8F2N2O3/c1-2-17-11(16)8-4-9(18-15-8)10-7(13)3-6(12)5-14-10/h3-5H,2H2,1H3. The minimum absolute atomic E-state index is 0.0736. The Labute approximate surface area is 100 Å². The van der Waals surface area contributed by atoms with Crippen LogP contribution in [0.5, 0.6) is 0 Å². The van der Waals surface area contributed by atoms with E-state index < -0.39 is 17.6 Å². The molecule has 0 bridgehead atoms. The zero-order valence-corrected chi connectivity index (χ0v) is 9.31. The van der Waals surface area contributed by atoms with Gasteiger partial charge >= 0.3 is 5.97 Å². The zero-order valence-electron chi connectivity index (χ0n) is 9.31. The monoisotopic (exact) mass is 254 g/mol. The Kier molecular flexibility index (Phi) is 3.31. The Bertz CT molecular complexity index is 583. The van der Waals surface area contributed by atoms with Gasteiger partial charge in [-0.1, -0.05) is 5.16 Å². The van der Waals surface area contributed by atoms with Gasteiger partial charge in [-0.15, -0.1) is 0 Å². The smallest absolute Gasteiger partial charge is 0.360 e. The van der Waals surface area contributed by atoms with Crippen molar-refractivity contribution in [3.05, 3.63) is 35.7 Å². The van der Waals surface area contributed by atoms with E-state index in [1.54, 1.807) is 6.92 Å². The van der Waals surface area contributed by atoms with Gasteiger partial charge in [0.15, 0.2) is 17.3 Å². The third-order valence-corrected chi connectivity index (χ3v) is 2.04. The second kappa shape index (κ2) is 4.91. The van der Waals surface area contributed by atoms with Crippen LogP contribution in [0, 0.1) is 11.6 Å². The predicted octanol–water partition coefficient (Wildman–Crippen LogP) is 2.19. The molecule has 2 aromatic heterocycles. The second-order valence-corrected chi connectivity index (χ2v) is 3.28. The lowest BCUT2D eigenvalue weighted by molar-refractivity contribution is 0.0514. The molecule has 0 saturated carbocycles. The number of esters is 1. The average molecular weight is 254 g/mol. The molecule has 5 nitrogen and oxygen atoms in total. The second-order valence-electron chi connectivity index (χ2n) is 3.28. The molecule has 0 saturated heterocycles. The summed E-state index contributed by atoms with van der Waals surface area (Å²) in [5, 5.41) is 3.42. The fourth-order valence-corrected chi connectivity index (χ4v) is 1.28. The number of carbonyl (C=O) groups excluding carboxylic acids is 1. The minimum atomic E-state index is -0.901. The lowest BCUT2D eigenvalue weighted by Gasteiger charge is -1.96. The fraction of sp³-hybridized carbons (Fsp3) is 0.182. The lowest BCUT2D eigenvalue weighted by atomic mass is 10.2. The molecule has 2 heterocycles. The molecule has 0 fully saturated rings. The zero-order chi connectivity index (χ0) is 13.1. The number of nitrogens with zero attached hydrogens (tertiary/aromatic N) is 2. The largest absolute Gasteiger partial charge is 0.461 e. The molecule has 0 amide bonds. The molecule has 2 aromatic rings. The van der Waals surface area contributed by atoms with Crippen LogP contribution >= 0.6 is 0 Å². The maximum absolute atomic E-state index is 13.4. The first-order chi connectivity index (χ1) is 8.61. The highest BCUT2D eigenvalue weighted by molar-refractivity contribution is 5.88. The number of halogens is 2. The molecule has 94 valence electrons. The van der Waals surface area contributed by atoms with Crippen molar-refractivity contribution in [3.63, 3.8) is 0 Å². The molecule has 2 rings (SSSR count). The summed E-state index contributed by atoms with van der Waals surface area (Å²) in [7, 11) is 0. The third-order valence-electron chi connectivity index (χ3n) is 2.04. The first kappa shape index (κ1) is 12.2. The molecule has 0 radical (unpaired) electrons. The van der Waals surface area contributed by atoms with Gasteiger partial charge in [0.2, 0.25) is 0 Å². The first-order valence-corrected chi connectivity index (χ1v) is 5.07. The molecule has 0 N–H and O–H groups in total. The summed E-state index contributed by atoms with van der Waals surface area (Å²) in [6, 6.07) is 1.84. The first-order valence-electron chi connectivity index (χ1n) is 5.07. The van der Waals surface area contributed by atoms with Crippen LogP contribution in [0.2, 0.25) is 0 Å². The topological polar surface area (TPSA) is 65.2 Å². The molecule has 0 spiro atoms. The third kappa shape index (κ3) is 2.34. The van der Waals surface area contributed by atoms with Gasteiger partial charge in [0.05, 0.1) is 12.8 Å². The Hall–Kier alpha value is -2.31. The van der Waals surface area contributed by atoms with E-state index in [2.05, 4.69) is 10.1 Å². The summed E-state index contributed by atoms with van der Waals surface area (Å²) in [6.07, 6.45) is 0.838. The van der Waals surface area contributed by atoms with E-state index >= 15 is 0 Å². The van der Waals surface area contributed by atoms with Crippen molar-refractivity contribution in [2.24, 2.45) is 0 Å². The number of hydrogen-bond acceptors (Lipinski definition) is 5. The average Bonchev–Trinajstić information content (AvgIpc) is 2.78. The van der Waals surface area contributed by atoms with Crippen LogP contribution < -0.4 is 0 Å². The molecule has 0 aliphatic heterocycles. The highest BCUT2D eigenvalue weighted by Gasteiger charge is 2.18. The maximum Gasteiger partial charge on any atom is 0.360 e. The van der Waals surface area contributed by atoms with Crippen molar-refractivity contribution in [1.29, 1.82) is 0 Å². The normalized spacial score (nSPS) is 10.4. The fourth-order valence-electron chi connectivity index (χ4n) is 1.28. The van der Waals surface area contributed by atoms with Crippen LogP contribution in [0.25, 0.3) is 11.5 Å². The van der Waals surface area contributed by atoms with Crippen LogP contribution in [0.1, 0.15) is 17.4 Å². The van der Waals surface area contributed by atoms with Gasteiger partial charge in [0, 0.05) is 12.1 Å². The molecule has 7 heteroatoms. The summed E-state index contributed by atoms with van der Waals surface area (Å²) in [5.41, 5.74) is -0.322. The number of ether oxygens (including phenoxy) is 1. The van der Waals surface area contributed by atoms with E-state index in [9.17, 15) is 13.6 Å². The van der Waals surface area contributed by atoms with Gasteiger partial charge in [-0.2, -0.15) is 0 Å². The van der Waals surface area contributed by atoms with Crippen LogP contribution in [0.4, 0.5) is 8.78 Å². The van der Waals surface area contributed by atoms with Crippen LogP contribution in [-0.4, -0.2) is 22.7 Å². The molecule has 0 unspecified atom stereocenters. The molecule has 0 atom stereocenters. The number of aromatic nitrogens is 2. The van der Waals surface area contributed by atoms with E-state index in [0.717, 1.165) is 6.20 Å². The Morgan fingerprint density at radius 3 is 2.89 bits per heavy atom. The van der Waals surface area contributed by atoms with Crippen molar-refractivity contribution in [2.45, 2.75) is 6.92 Å². The minimum Gasteiger partial charge on any atom is -0.461 e. The summed E-state index contributed by atoms with van der Waals surface area (Å²) in [6.45, 7) is 1.82. The molecule has 0 aromatic carbocycles. The van der Waals surface area contributed by atoms with E-state index in [1.807, 2.05) is 0 Å². The number of pyridine rings is 1. The Morgan fingerprint density at radius 1 is 1.44 bits per heavy atom. The summed E-state index contributed by atoms with van der Waals surface area (Å²) in [4.78, 5) is 14.8. The maximum atomic E-state index is 13.4. The number of carbonyl (C=O) groups is 1. The number of rotatable bonds is 3. The molecular formula is C11H8F2N2O3. The van der Waals surface area contributed by atoms with E-state index in [-0.39, 0.29) is 23.8 Å². The quantitative estimate of drug-likeness (QED) is 0.785. The van der Waals surface area contributed by atoms with Crippen molar-refractivity contribution in [2.75, 3.05) is 6.61 Å². The SMILES string of the molecule is CCOC(=O)c1cc(-c2ncc(F)cc2F)on1. The predicted molar refractivity (Wildman–Crippen MR) is 55.6 cm³/mol. The summed E-state index contributed by atoms with van der Waals surface area (Å²) >= 11 is 0. The van der Waals surface area contributed by atoms with Crippen molar-refractivity contribution >= 4 is 5.97 Å². The van der Waals surface area contributed by atoms with Gasteiger partial charge in [0.25, 0.3) is 0 Å². The van der Waals surface area contributed by atoms with Crippen molar-refractivity contribution in [1.82, 2.24) is 10.1 Å². The van der Waals surface area contributed by atoms with E-state index in [1.165, 1.54) is 6.07 Å². The van der Waals surface area contributed by atoms with Gasteiger partial charge in [-0.3, -0.25) is 0 Å². The van der Waals surface area contributed by atoms with Gasteiger partial charge in [0.1, 0.15) is 11.5 Å². The Morgan fingerprint density at radius 2 is 2.22 bits per heavy atom. The van der Waals surface area contributed by atoms with Crippen molar-refractivity contribution < 1.29 is 22.8 Å². The molecule has 0 aliphatic rings. The van der Waals surface area contributed by atoms with Crippen LogP contribution in [0.15, 0.2) is 22.9 Å². The highest BCUT2D eigenvalue weighted by atomic mass is 19.1. The van der Waals surface area contributed by atoms with Gasteiger partial charge in [-0.05, 0) is 6.92 Å². The summed E-state index contributed by atoms with van der Waals surface area (Å²) in [5.74, 6) is -2.46. The highest BCUT2D eigenvalue weighted by Crippen LogP contribution is 2.21. The van der Waals surface area contributed by atoms with Crippen LogP contribution in [0.3, 0.4) is 0 Å². The van der Waals surface area contributed by atoms with Crippen LogP contribution in [-0.2, 0) is 4.74 Å². The van der Waals surface area contributed by atoms with E-state index in [4.69, 9.17) is 9.26 Å². The van der Waals surface area contributed by atoms with Gasteiger partial charge in [-0.25, -0.2) is 18.6 Å². The Balaban J connectivity index is 2.32.